The minimum Gasteiger partial charge on any atom is -0.375 e. The molecule has 21 heavy (non-hydrogen) atoms. The van der Waals surface area contributed by atoms with Crippen LogP contribution in [0.5, 0.6) is 0 Å². The van der Waals surface area contributed by atoms with Gasteiger partial charge >= 0.3 is 0 Å². The molecule has 1 saturated heterocycles. The van der Waals surface area contributed by atoms with Gasteiger partial charge in [-0.05, 0) is 37.8 Å². The fraction of sp³-hybridized carbons (Fsp3) is 0.588. The average molecular weight is 285 g/mol. The van der Waals surface area contributed by atoms with Crippen molar-refractivity contribution in [2.75, 3.05) is 11.9 Å². The molecule has 4 nitrogen and oxygen atoms in total. The van der Waals surface area contributed by atoms with E-state index in [1.807, 2.05) is 18.2 Å². The maximum Gasteiger partial charge on any atom is 0.201 e. The monoisotopic (exact) mass is 285 g/mol. The van der Waals surface area contributed by atoms with Crippen molar-refractivity contribution in [3.05, 3.63) is 24.3 Å². The molecule has 1 aliphatic carbocycles. The number of hydrogen-bond acceptors (Lipinski definition) is 3. The van der Waals surface area contributed by atoms with Crippen LogP contribution in [0.2, 0.25) is 0 Å². The summed E-state index contributed by atoms with van der Waals surface area (Å²) in [7, 11) is 0. The fourth-order valence-corrected chi connectivity index (χ4v) is 3.91. The lowest BCUT2D eigenvalue weighted by atomic mass is 9.78. The first-order valence-electron chi connectivity index (χ1n) is 8.18. The number of hydrogen-bond donors (Lipinski definition) is 2. The first kappa shape index (κ1) is 13.1. The number of imidazole rings is 1. The highest BCUT2D eigenvalue weighted by molar-refractivity contribution is 5.77. The van der Waals surface area contributed by atoms with Gasteiger partial charge < -0.3 is 15.0 Å². The molecule has 1 unspecified atom stereocenters. The zero-order chi connectivity index (χ0) is 14.1. The van der Waals surface area contributed by atoms with Gasteiger partial charge in [0, 0.05) is 12.6 Å². The molecular weight excluding hydrogens is 262 g/mol. The van der Waals surface area contributed by atoms with E-state index in [2.05, 4.69) is 21.4 Å². The quantitative estimate of drug-likeness (QED) is 0.881. The Morgan fingerprint density at radius 2 is 2.05 bits per heavy atom. The van der Waals surface area contributed by atoms with E-state index in [1.54, 1.807) is 0 Å². The summed E-state index contributed by atoms with van der Waals surface area (Å²) in [6.45, 7) is 0.873. The molecule has 2 aromatic rings. The predicted molar refractivity (Wildman–Crippen MR) is 84.5 cm³/mol. The van der Waals surface area contributed by atoms with Crippen LogP contribution in [-0.2, 0) is 4.74 Å². The van der Waals surface area contributed by atoms with Crippen molar-refractivity contribution in [1.82, 2.24) is 9.97 Å². The summed E-state index contributed by atoms with van der Waals surface area (Å²) in [5, 5.41) is 3.60. The van der Waals surface area contributed by atoms with Gasteiger partial charge in [0.25, 0.3) is 0 Å². The molecule has 1 saturated carbocycles. The maximum atomic E-state index is 6.16. The van der Waals surface area contributed by atoms with Crippen LogP contribution in [0.25, 0.3) is 11.0 Å². The van der Waals surface area contributed by atoms with Gasteiger partial charge in [0.1, 0.15) is 0 Å². The molecule has 4 rings (SSSR count). The Bertz CT molecular complexity index is 577. The van der Waals surface area contributed by atoms with Crippen LogP contribution in [0.15, 0.2) is 24.3 Å². The summed E-state index contributed by atoms with van der Waals surface area (Å²) in [6.07, 6.45) is 8.64. The SMILES string of the molecule is c1ccc2[nH]c(NC3CCOC4(CCCCC4)C3)nc2c1. The van der Waals surface area contributed by atoms with Crippen LogP contribution < -0.4 is 5.32 Å². The molecule has 1 spiro atoms. The lowest BCUT2D eigenvalue weighted by Crippen LogP contribution is -2.45. The highest BCUT2D eigenvalue weighted by Gasteiger charge is 2.38. The molecule has 2 heterocycles. The molecule has 2 fully saturated rings. The summed E-state index contributed by atoms with van der Waals surface area (Å²) in [4.78, 5) is 8.00. The topological polar surface area (TPSA) is 49.9 Å². The van der Waals surface area contributed by atoms with Crippen molar-refractivity contribution in [2.45, 2.75) is 56.6 Å². The highest BCUT2D eigenvalue weighted by atomic mass is 16.5. The molecule has 1 aliphatic heterocycles. The van der Waals surface area contributed by atoms with E-state index in [-0.39, 0.29) is 5.60 Å². The molecular formula is C17H23N3O. The van der Waals surface area contributed by atoms with Gasteiger partial charge in [0.2, 0.25) is 5.95 Å². The van der Waals surface area contributed by atoms with Crippen molar-refractivity contribution in [1.29, 1.82) is 0 Å². The van der Waals surface area contributed by atoms with Gasteiger partial charge in [-0.1, -0.05) is 31.4 Å². The molecule has 1 aromatic carbocycles. The first-order valence-corrected chi connectivity index (χ1v) is 8.18. The van der Waals surface area contributed by atoms with E-state index >= 15 is 0 Å². The zero-order valence-electron chi connectivity index (χ0n) is 12.4. The summed E-state index contributed by atoms with van der Waals surface area (Å²) < 4.78 is 6.16. The standard InChI is InChI=1S/C17H23N3O/c1-4-9-17(10-5-1)12-13(8-11-21-17)18-16-19-14-6-2-3-7-15(14)20-16/h2-3,6-7,13H,1,4-5,8-12H2,(H2,18,19,20). The second-order valence-corrected chi connectivity index (χ2v) is 6.53. The van der Waals surface area contributed by atoms with E-state index in [4.69, 9.17) is 4.74 Å². The molecule has 1 aromatic heterocycles. The molecule has 112 valence electrons. The number of rotatable bonds is 2. The van der Waals surface area contributed by atoms with Crippen molar-refractivity contribution >= 4 is 17.0 Å². The van der Waals surface area contributed by atoms with Crippen LogP contribution in [0.3, 0.4) is 0 Å². The number of fused-ring (bicyclic) bond motifs is 1. The summed E-state index contributed by atoms with van der Waals surface area (Å²) in [6, 6.07) is 8.65. The maximum absolute atomic E-state index is 6.16. The Hall–Kier alpha value is -1.55. The zero-order valence-corrected chi connectivity index (χ0v) is 12.4. The van der Waals surface area contributed by atoms with Gasteiger partial charge in [-0.25, -0.2) is 4.98 Å². The van der Waals surface area contributed by atoms with E-state index < -0.39 is 0 Å². The number of nitrogens with one attached hydrogen (secondary N) is 2. The Kier molecular flexibility index (Phi) is 3.34. The van der Waals surface area contributed by atoms with Gasteiger partial charge in [-0.2, -0.15) is 0 Å². The Morgan fingerprint density at radius 3 is 2.90 bits per heavy atom. The Labute approximate surface area is 125 Å². The van der Waals surface area contributed by atoms with Crippen molar-refractivity contribution < 1.29 is 4.74 Å². The van der Waals surface area contributed by atoms with Gasteiger partial charge in [-0.15, -0.1) is 0 Å². The minimum absolute atomic E-state index is 0.139. The van der Waals surface area contributed by atoms with Crippen molar-refractivity contribution in [3.8, 4) is 0 Å². The highest BCUT2D eigenvalue weighted by Crippen LogP contribution is 2.39. The third-order valence-electron chi connectivity index (χ3n) is 4.99. The van der Waals surface area contributed by atoms with Gasteiger partial charge in [0.15, 0.2) is 0 Å². The number of aromatic nitrogens is 2. The van der Waals surface area contributed by atoms with E-state index in [0.717, 1.165) is 36.4 Å². The second-order valence-electron chi connectivity index (χ2n) is 6.53. The molecule has 2 N–H and O–H groups in total. The van der Waals surface area contributed by atoms with Crippen molar-refractivity contribution in [2.24, 2.45) is 0 Å². The first-order chi connectivity index (χ1) is 10.3. The molecule has 1 atom stereocenters. The molecule has 2 aliphatic rings. The van der Waals surface area contributed by atoms with Crippen LogP contribution in [-0.4, -0.2) is 28.2 Å². The largest absolute Gasteiger partial charge is 0.375 e. The van der Waals surface area contributed by atoms with Gasteiger partial charge in [0.05, 0.1) is 16.6 Å². The summed E-state index contributed by atoms with van der Waals surface area (Å²) >= 11 is 0. The van der Waals surface area contributed by atoms with Gasteiger partial charge in [-0.3, -0.25) is 0 Å². The summed E-state index contributed by atoms with van der Waals surface area (Å²) in [5.41, 5.74) is 2.26. The predicted octanol–water partition coefficient (Wildman–Crippen LogP) is 3.86. The number of ether oxygens (including phenoxy) is 1. The number of nitrogens with zero attached hydrogens (tertiary/aromatic N) is 1. The fourth-order valence-electron chi connectivity index (χ4n) is 3.91. The molecule has 0 bridgehead atoms. The third-order valence-corrected chi connectivity index (χ3v) is 4.99. The normalized spacial score (nSPS) is 25.2. The number of para-hydroxylation sites is 2. The van der Waals surface area contributed by atoms with Crippen LogP contribution in [0.1, 0.15) is 44.9 Å². The molecule has 0 radical (unpaired) electrons. The summed E-state index contributed by atoms with van der Waals surface area (Å²) in [5.74, 6) is 0.897. The van der Waals surface area contributed by atoms with E-state index in [0.29, 0.717) is 6.04 Å². The number of H-pyrrole nitrogens is 1. The van der Waals surface area contributed by atoms with E-state index in [1.165, 1.54) is 32.1 Å². The average Bonchev–Trinajstić information content (AvgIpc) is 2.90. The Balaban J connectivity index is 1.48. The number of anilines is 1. The lowest BCUT2D eigenvalue weighted by molar-refractivity contribution is -0.103. The lowest BCUT2D eigenvalue weighted by Gasteiger charge is -2.43. The smallest absolute Gasteiger partial charge is 0.201 e. The van der Waals surface area contributed by atoms with E-state index in [9.17, 15) is 0 Å². The van der Waals surface area contributed by atoms with Crippen molar-refractivity contribution in [3.63, 3.8) is 0 Å². The molecule has 0 amide bonds. The number of aromatic amines is 1. The van der Waals surface area contributed by atoms with Crippen LogP contribution in [0.4, 0.5) is 5.95 Å². The molecule has 4 heteroatoms. The second kappa shape index (κ2) is 5.34. The van der Waals surface area contributed by atoms with Crippen LogP contribution >= 0.6 is 0 Å². The number of benzene rings is 1. The van der Waals surface area contributed by atoms with Crippen LogP contribution in [0, 0.1) is 0 Å². The Morgan fingerprint density at radius 1 is 1.19 bits per heavy atom. The minimum atomic E-state index is 0.139. The third kappa shape index (κ3) is 2.64.